The highest BCUT2D eigenvalue weighted by atomic mass is 19.1. The van der Waals surface area contributed by atoms with Gasteiger partial charge in [-0.05, 0) is 13.3 Å². The number of hydrogen-bond donors (Lipinski definition) is 1. The second-order valence-corrected chi connectivity index (χ2v) is 5.74. The third-order valence-electron chi connectivity index (χ3n) is 4.10. The summed E-state index contributed by atoms with van der Waals surface area (Å²) in [6.45, 7) is 6.39. The minimum absolute atomic E-state index is 0.0316. The number of anilines is 1. The number of nitrogens with zero attached hydrogens (tertiary/aromatic N) is 1. The standard InChI is InChI=1S/C14H18F2N2O3/c1-4-21-12-7-11(14(12,2)3)17-13-9(15)5-8(18(19)20)6-10(13)16/h5-6,11-12,17H,4,7H2,1-3H3. The van der Waals surface area contributed by atoms with E-state index in [4.69, 9.17) is 4.74 Å². The fourth-order valence-corrected chi connectivity index (χ4v) is 2.59. The average Bonchev–Trinajstić information content (AvgIpc) is 2.40. The summed E-state index contributed by atoms with van der Waals surface area (Å²) in [5.41, 5.74) is -1.19. The zero-order chi connectivity index (χ0) is 15.8. The van der Waals surface area contributed by atoms with Gasteiger partial charge in [0, 0.05) is 18.1 Å². The summed E-state index contributed by atoms with van der Waals surface area (Å²) in [6, 6.07) is 1.29. The predicted octanol–water partition coefficient (Wildman–Crippen LogP) is 3.49. The fourth-order valence-electron chi connectivity index (χ4n) is 2.59. The summed E-state index contributed by atoms with van der Waals surface area (Å²) < 4.78 is 33.3. The van der Waals surface area contributed by atoms with Crippen molar-refractivity contribution < 1.29 is 18.4 Å². The first kappa shape index (κ1) is 15.6. The highest BCUT2D eigenvalue weighted by Gasteiger charge is 2.49. The largest absolute Gasteiger partial charge is 0.378 e. The zero-order valence-electron chi connectivity index (χ0n) is 12.2. The first-order chi connectivity index (χ1) is 9.77. The molecule has 0 heterocycles. The SMILES string of the molecule is CCOC1CC(Nc2c(F)cc([N+](=O)[O-])cc2F)C1(C)C. The van der Waals surface area contributed by atoms with E-state index in [0.29, 0.717) is 13.0 Å². The zero-order valence-corrected chi connectivity index (χ0v) is 12.2. The van der Waals surface area contributed by atoms with Gasteiger partial charge >= 0.3 is 0 Å². The molecule has 1 aromatic rings. The van der Waals surface area contributed by atoms with E-state index < -0.39 is 22.2 Å². The van der Waals surface area contributed by atoms with E-state index in [1.54, 1.807) is 0 Å². The molecule has 1 aliphatic carbocycles. The molecular formula is C14H18F2N2O3. The molecule has 1 aliphatic rings. The van der Waals surface area contributed by atoms with Gasteiger partial charge in [0.1, 0.15) is 5.69 Å². The van der Waals surface area contributed by atoms with E-state index in [0.717, 1.165) is 12.1 Å². The minimum atomic E-state index is -0.961. The topological polar surface area (TPSA) is 64.4 Å². The Morgan fingerprint density at radius 3 is 2.43 bits per heavy atom. The lowest BCUT2D eigenvalue weighted by Gasteiger charge is -2.52. The van der Waals surface area contributed by atoms with Crippen LogP contribution in [-0.2, 0) is 4.74 Å². The lowest BCUT2D eigenvalue weighted by Crippen LogP contribution is -2.58. The average molecular weight is 300 g/mol. The van der Waals surface area contributed by atoms with Gasteiger partial charge in [-0.1, -0.05) is 13.8 Å². The van der Waals surface area contributed by atoms with Crippen LogP contribution in [0.4, 0.5) is 20.2 Å². The molecule has 5 nitrogen and oxygen atoms in total. The molecule has 0 spiro atoms. The number of nitro groups is 1. The molecule has 116 valence electrons. The summed E-state index contributed by atoms with van der Waals surface area (Å²) in [5.74, 6) is -1.92. The molecule has 21 heavy (non-hydrogen) atoms. The van der Waals surface area contributed by atoms with Gasteiger partial charge in [-0.15, -0.1) is 0 Å². The molecule has 1 aromatic carbocycles. The number of hydrogen-bond acceptors (Lipinski definition) is 4. The van der Waals surface area contributed by atoms with Crippen molar-refractivity contribution >= 4 is 11.4 Å². The van der Waals surface area contributed by atoms with Crippen LogP contribution in [0, 0.1) is 27.2 Å². The summed E-state index contributed by atoms with van der Waals surface area (Å²) in [5, 5.41) is 13.4. The molecule has 7 heteroatoms. The van der Waals surface area contributed by atoms with Crippen LogP contribution in [-0.4, -0.2) is 23.7 Å². The van der Waals surface area contributed by atoms with E-state index in [1.165, 1.54) is 0 Å². The summed E-state index contributed by atoms with van der Waals surface area (Å²) in [6.07, 6.45) is 0.667. The van der Waals surface area contributed by atoms with Gasteiger partial charge in [0.05, 0.1) is 23.2 Å². The number of benzene rings is 1. The maximum absolute atomic E-state index is 13.9. The fraction of sp³-hybridized carbons (Fsp3) is 0.571. The molecule has 0 aliphatic heterocycles. The Balaban J connectivity index is 2.16. The molecule has 1 fully saturated rings. The van der Waals surface area contributed by atoms with Crippen LogP contribution in [0.1, 0.15) is 27.2 Å². The lowest BCUT2D eigenvalue weighted by atomic mass is 9.64. The van der Waals surface area contributed by atoms with Gasteiger partial charge in [-0.2, -0.15) is 0 Å². The number of non-ortho nitro benzene ring substituents is 1. The van der Waals surface area contributed by atoms with Crippen molar-refractivity contribution in [2.45, 2.75) is 39.3 Å². The second kappa shape index (κ2) is 5.55. The minimum Gasteiger partial charge on any atom is -0.378 e. The van der Waals surface area contributed by atoms with Gasteiger partial charge < -0.3 is 10.1 Å². The number of nitro benzene ring substituents is 1. The summed E-state index contributed by atoms with van der Waals surface area (Å²) in [7, 11) is 0. The van der Waals surface area contributed by atoms with Gasteiger partial charge in [0.15, 0.2) is 11.6 Å². The number of halogens is 2. The molecule has 0 saturated heterocycles. The van der Waals surface area contributed by atoms with Crippen LogP contribution in [0.5, 0.6) is 0 Å². The van der Waals surface area contributed by atoms with E-state index in [9.17, 15) is 18.9 Å². The molecule has 2 atom stereocenters. The van der Waals surface area contributed by atoms with Crippen LogP contribution < -0.4 is 5.32 Å². The van der Waals surface area contributed by atoms with Crippen LogP contribution in [0.2, 0.25) is 0 Å². The van der Waals surface area contributed by atoms with Crippen LogP contribution in [0.3, 0.4) is 0 Å². The molecule has 2 rings (SSSR count). The molecule has 0 aromatic heterocycles. The third kappa shape index (κ3) is 2.83. The Kier molecular flexibility index (Phi) is 4.13. The monoisotopic (exact) mass is 300 g/mol. The second-order valence-electron chi connectivity index (χ2n) is 5.74. The molecule has 0 amide bonds. The van der Waals surface area contributed by atoms with Crippen LogP contribution in [0.25, 0.3) is 0 Å². The van der Waals surface area contributed by atoms with E-state index in [1.807, 2.05) is 20.8 Å². The Labute approximate surface area is 121 Å². The van der Waals surface area contributed by atoms with Crippen LogP contribution in [0.15, 0.2) is 12.1 Å². The van der Waals surface area contributed by atoms with Crippen molar-refractivity contribution in [3.8, 4) is 0 Å². The Bertz CT molecular complexity index is 540. The first-order valence-corrected chi connectivity index (χ1v) is 6.79. The number of ether oxygens (including phenoxy) is 1. The van der Waals surface area contributed by atoms with Gasteiger partial charge in [-0.3, -0.25) is 10.1 Å². The molecule has 2 unspecified atom stereocenters. The van der Waals surface area contributed by atoms with Gasteiger partial charge in [0.2, 0.25) is 0 Å². The maximum Gasteiger partial charge on any atom is 0.275 e. The van der Waals surface area contributed by atoms with Crippen molar-refractivity contribution in [3.63, 3.8) is 0 Å². The molecule has 0 bridgehead atoms. The van der Waals surface area contributed by atoms with Crippen molar-refractivity contribution in [1.82, 2.24) is 0 Å². The number of rotatable bonds is 5. The van der Waals surface area contributed by atoms with E-state index in [2.05, 4.69) is 5.32 Å². The smallest absolute Gasteiger partial charge is 0.275 e. The maximum atomic E-state index is 13.9. The molecule has 1 saturated carbocycles. The van der Waals surface area contributed by atoms with E-state index >= 15 is 0 Å². The summed E-state index contributed by atoms with van der Waals surface area (Å²) in [4.78, 5) is 9.73. The third-order valence-corrected chi connectivity index (χ3v) is 4.10. The van der Waals surface area contributed by atoms with E-state index in [-0.39, 0.29) is 23.2 Å². The van der Waals surface area contributed by atoms with Crippen molar-refractivity contribution in [2.24, 2.45) is 5.41 Å². The van der Waals surface area contributed by atoms with Gasteiger partial charge in [0.25, 0.3) is 5.69 Å². The van der Waals surface area contributed by atoms with Gasteiger partial charge in [-0.25, -0.2) is 8.78 Å². The van der Waals surface area contributed by atoms with Crippen LogP contribution >= 0.6 is 0 Å². The quantitative estimate of drug-likeness (QED) is 0.668. The molecular weight excluding hydrogens is 282 g/mol. The Hall–Kier alpha value is -1.76. The first-order valence-electron chi connectivity index (χ1n) is 6.79. The highest BCUT2D eigenvalue weighted by molar-refractivity contribution is 5.53. The predicted molar refractivity (Wildman–Crippen MR) is 74.2 cm³/mol. The summed E-state index contributed by atoms with van der Waals surface area (Å²) >= 11 is 0. The Morgan fingerprint density at radius 1 is 1.43 bits per heavy atom. The number of nitrogens with one attached hydrogen (secondary N) is 1. The van der Waals surface area contributed by atoms with Crippen molar-refractivity contribution in [3.05, 3.63) is 33.9 Å². The normalized spacial score (nSPS) is 23.5. The van der Waals surface area contributed by atoms with Crippen molar-refractivity contribution in [2.75, 3.05) is 11.9 Å². The van der Waals surface area contributed by atoms with Crippen molar-refractivity contribution in [1.29, 1.82) is 0 Å². The Morgan fingerprint density at radius 2 is 2.00 bits per heavy atom. The molecule has 0 radical (unpaired) electrons. The lowest BCUT2D eigenvalue weighted by molar-refractivity contribution is -0.385. The molecule has 1 N–H and O–H groups in total. The highest BCUT2D eigenvalue weighted by Crippen LogP contribution is 2.45.